The summed E-state index contributed by atoms with van der Waals surface area (Å²) in [6.45, 7) is 0.749. The highest BCUT2D eigenvalue weighted by Gasteiger charge is 2.31. The first-order valence-electron chi connectivity index (χ1n) is 5.42. The molecule has 1 amide bonds. The summed E-state index contributed by atoms with van der Waals surface area (Å²) in [5.41, 5.74) is 9.02. The number of hydrogen-bond acceptors (Lipinski definition) is 4. The van der Waals surface area contributed by atoms with Crippen LogP contribution in [0.2, 0.25) is 0 Å². The number of rotatable bonds is 3. The van der Waals surface area contributed by atoms with E-state index in [1.54, 1.807) is 12.1 Å². The fraction of sp³-hybridized carbons (Fsp3) is 0.364. The number of carbonyl (C=O) groups is 1. The molecule has 1 atom stereocenters. The second-order valence-corrected chi connectivity index (χ2v) is 3.97. The lowest BCUT2D eigenvalue weighted by molar-refractivity contribution is -0.117. The Kier molecular flexibility index (Phi) is 3.41. The summed E-state index contributed by atoms with van der Waals surface area (Å²) in [5.74, 6) is -0.0715. The van der Waals surface area contributed by atoms with E-state index in [1.807, 2.05) is 6.07 Å². The van der Waals surface area contributed by atoms with Gasteiger partial charge in [-0.25, -0.2) is 4.98 Å². The normalized spacial score (nSPS) is 18.3. The van der Waals surface area contributed by atoms with Gasteiger partial charge in [0, 0.05) is 30.6 Å². The van der Waals surface area contributed by atoms with Gasteiger partial charge in [-0.2, -0.15) is 5.26 Å². The van der Waals surface area contributed by atoms with Gasteiger partial charge in [-0.15, -0.1) is 0 Å². The Labute approximate surface area is 103 Å². The molecule has 1 aromatic heterocycles. The molecule has 7 heteroatoms. The molecule has 90 valence electrons. The van der Waals surface area contributed by atoms with Gasteiger partial charge in [0.05, 0.1) is 5.69 Å². The van der Waals surface area contributed by atoms with Crippen LogP contribution in [0.15, 0.2) is 23.4 Å². The van der Waals surface area contributed by atoms with Gasteiger partial charge >= 0.3 is 0 Å². The van der Waals surface area contributed by atoms with Gasteiger partial charge in [-0.3, -0.25) is 4.79 Å². The van der Waals surface area contributed by atoms with Crippen LogP contribution in [-0.2, 0) is 4.79 Å². The summed E-state index contributed by atoms with van der Waals surface area (Å²) in [6, 6.07) is 5.34. The topological polar surface area (TPSA) is 106 Å². The molecule has 1 aromatic rings. The molecule has 7 nitrogen and oxygen atoms in total. The van der Waals surface area contributed by atoms with Gasteiger partial charge in [0.2, 0.25) is 5.91 Å². The van der Waals surface area contributed by atoms with Crippen LogP contribution in [0.5, 0.6) is 0 Å². The Morgan fingerprint density at radius 3 is 3.28 bits per heavy atom. The zero-order valence-electron chi connectivity index (χ0n) is 9.52. The summed E-state index contributed by atoms with van der Waals surface area (Å²) in [5, 5.41) is 12.4. The van der Waals surface area contributed by atoms with Crippen LogP contribution in [0.1, 0.15) is 12.1 Å². The number of nitrogens with zero attached hydrogens (tertiary/aromatic N) is 6. The second kappa shape index (κ2) is 5.17. The highest BCUT2D eigenvalue weighted by atomic mass is 16.2. The van der Waals surface area contributed by atoms with Crippen molar-refractivity contribution >= 4 is 11.6 Å². The third kappa shape index (κ3) is 2.24. The summed E-state index contributed by atoms with van der Waals surface area (Å²) in [7, 11) is 0. The van der Waals surface area contributed by atoms with E-state index < -0.39 is 0 Å². The largest absolute Gasteiger partial charge is 0.309 e. The van der Waals surface area contributed by atoms with E-state index in [1.165, 1.54) is 11.1 Å². The Hall–Kier alpha value is -2.58. The van der Waals surface area contributed by atoms with Gasteiger partial charge in [0.25, 0.3) is 0 Å². The van der Waals surface area contributed by atoms with Crippen molar-refractivity contribution in [1.82, 2.24) is 4.98 Å². The van der Waals surface area contributed by atoms with Crippen LogP contribution in [-0.4, -0.2) is 24.0 Å². The predicted octanol–water partition coefficient (Wildman–Crippen LogP) is 1.62. The molecule has 2 rings (SSSR count). The predicted molar refractivity (Wildman–Crippen MR) is 63.4 cm³/mol. The highest BCUT2D eigenvalue weighted by molar-refractivity contribution is 5.96. The lowest BCUT2D eigenvalue weighted by Crippen LogP contribution is -2.25. The molecule has 1 saturated heterocycles. The first-order valence-corrected chi connectivity index (χ1v) is 5.42. The smallest absolute Gasteiger partial charge is 0.227 e. The van der Waals surface area contributed by atoms with Gasteiger partial charge < -0.3 is 4.90 Å². The zero-order chi connectivity index (χ0) is 13.0. The molecule has 1 unspecified atom stereocenters. The number of hydrogen-bond donors (Lipinski definition) is 0. The Morgan fingerprint density at radius 2 is 2.56 bits per heavy atom. The van der Waals surface area contributed by atoms with Crippen LogP contribution in [0.25, 0.3) is 10.4 Å². The lowest BCUT2D eigenvalue weighted by atomic mass is 10.1. The molecular weight excluding hydrogens is 232 g/mol. The molecule has 2 heterocycles. The molecule has 18 heavy (non-hydrogen) atoms. The first-order chi connectivity index (χ1) is 8.76. The van der Waals surface area contributed by atoms with E-state index in [9.17, 15) is 4.79 Å². The quantitative estimate of drug-likeness (QED) is 0.456. The van der Waals surface area contributed by atoms with E-state index in [2.05, 4.69) is 15.0 Å². The molecule has 1 fully saturated rings. The van der Waals surface area contributed by atoms with Gasteiger partial charge in [-0.1, -0.05) is 5.11 Å². The zero-order valence-corrected chi connectivity index (χ0v) is 9.52. The number of anilines is 1. The summed E-state index contributed by atoms with van der Waals surface area (Å²) in [4.78, 5) is 20.0. The van der Waals surface area contributed by atoms with E-state index in [-0.39, 0.29) is 17.5 Å². The minimum atomic E-state index is -0.0716. The summed E-state index contributed by atoms with van der Waals surface area (Å²) < 4.78 is 0. The average Bonchev–Trinajstić information content (AvgIpc) is 2.77. The van der Waals surface area contributed by atoms with Crippen LogP contribution in [0.3, 0.4) is 0 Å². The monoisotopic (exact) mass is 242 g/mol. The van der Waals surface area contributed by atoms with E-state index >= 15 is 0 Å². The fourth-order valence-corrected chi connectivity index (χ4v) is 1.99. The lowest BCUT2D eigenvalue weighted by Gasteiger charge is -2.16. The molecule has 0 spiro atoms. The molecule has 1 aliphatic rings. The molecule has 0 saturated carbocycles. The Balaban J connectivity index is 2.22. The van der Waals surface area contributed by atoms with Crippen molar-refractivity contribution in [2.45, 2.75) is 6.42 Å². The van der Waals surface area contributed by atoms with E-state index in [4.69, 9.17) is 10.8 Å². The van der Waals surface area contributed by atoms with Crippen molar-refractivity contribution in [2.24, 2.45) is 11.0 Å². The van der Waals surface area contributed by atoms with Gasteiger partial charge in [-0.05, 0) is 23.6 Å². The third-order valence-electron chi connectivity index (χ3n) is 2.79. The fourth-order valence-electron chi connectivity index (χ4n) is 1.99. The molecule has 0 aromatic carbocycles. The third-order valence-corrected chi connectivity index (χ3v) is 2.79. The maximum Gasteiger partial charge on any atom is 0.227 e. The average molecular weight is 242 g/mol. The number of nitriles is 1. The minimum Gasteiger partial charge on any atom is -0.309 e. The molecule has 0 aliphatic carbocycles. The second-order valence-electron chi connectivity index (χ2n) is 3.97. The summed E-state index contributed by atoms with van der Waals surface area (Å²) >= 11 is 0. The molecular formula is C11H10N6O. The van der Waals surface area contributed by atoms with E-state index in [0.717, 1.165) is 0 Å². The standard InChI is InChI=1S/C11H10N6O/c12-5-9-10(2-1-3-14-9)17-7-8(4-11(17)18)6-15-16-13/h1-3,8H,4,6-7H2. The molecule has 1 aliphatic heterocycles. The van der Waals surface area contributed by atoms with Crippen LogP contribution < -0.4 is 4.90 Å². The summed E-state index contributed by atoms with van der Waals surface area (Å²) in [6.07, 6.45) is 1.85. The van der Waals surface area contributed by atoms with Crippen molar-refractivity contribution in [3.05, 3.63) is 34.5 Å². The Bertz CT molecular complexity index is 557. The first kappa shape index (κ1) is 11.9. The van der Waals surface area contributed by atoms with Gasteiger partial charge in [0.15, 0.2) is 5.69 Å². The van der Waals surface area contributed by atoms with Crippen molar-refractivity contribution in [3.63, 3.8) is 0 Å². The van der Waals surface area contributed by atoms with Crippen LogP contribution in [0, 0.1) is 17.2 Å². The maximum absolute atomic E-state index is 11.9. The number of azide groups is 1. The van der Waals surface area contributed by atoms with Crippen LogP contribution >= 0.6 is 0 Å². The van der Waals surface area contributed by atoms with Gasteiger partial charge in [0.1, 0.15) is 6.07 Å². The molecule has 0 radical (unpaired) electrons. The number of amides is 1. The highest BCUT2D eigenvalue weighted by Crippen LogP contribution is 2.26. The number of carbonyl (C=O) groups excluding carboxylic acids is 1. The SMILES string of the molecule is N#Cc1ncccc1N1CC(CN=[N+]=[N-])CC1=O. The van der Waals surface area contributed by atoms with Crippen molar-refractivity contribution in [2.75, 3.05) is 18.0 Å². The Morgan fingerprint density at radius 1 is 1.72 bits per heavy atom. The minimum absolute atomic E-state index is 0.000138. The number of aromatic nitrogens is 1. The number of pyridine rings is 1. The molecule has 0 bridgehead atoms. The van der Waals surface area contributed by atoms with Crippen molar-refractivity contribution in [1.29, 1.82) is 5.26 Å². The van der Waals surface area contributed by atoms with Crippen molar-refractivity contribution in [3.8, 4) is 6.07 Å². The maximum atomic E-state index is 11.9. The molecule has 0 N–H and O–H groups in total. The van der Waals surface area contributed by atoms with Crippen molar-refractivity contribution < 1.29 is 4.79 Å². The van der Waals surface area contributed by atoms with E-state index in [0.29, 0.717) is 25.2 Å². The van der Waals surface area contributed by atoms with Crippen LogP contribution in [0.4, 0.5) is 5.69 Å².